The average molecular weight is 309 g/mol. The molecular weight excluding hydrogens is 286 g/mol. The molecule has 1 aromatic heterocycles. The Morgan fingerprint density at radius 2 is 2.22 bits per heavy atom. The SMILES string of the molecule is Cc1cccc(CCC(=O)NC2CCN(c3ccccn3)C2)c1. The average Bonchev–Trinajstić information content (AvgIpc) is 3.02. The van der Waals surface area contributed by atoms with Crippen LogP contribution in [0.5, 0.6) is 0 Å². The zero-order valence-corrected chi connectivity index (χ0v) is 13.5. The number of hydrogen-bond donors (Lipinski definition) is 1. The van der Waals surface area contributed by atoms with Crippen molar-refractivity contribution in [2.45, 2.75) is 32.2 Å². The highest BCUT2D eigenvalue weighted by Crippen LogP contribution is 2.17. The van der Waals surface area contributed by atoms with Crippen molar-refractivity contribution in [2.24, 2.45) is 0 Å². The summed E-state index contributed by atoms with van der Waals surface area (Å²) in [6, 6.07) is 14.5. The molecule has 0 bridgehead atoms. The maximum Gasteiger partial charge on any atom is 0.220 e. The minimum atomic E-state index is 0.138. The van der Waals surface area contributed by atoms with Crippen LogP contribution in [0.25, 0.3) is 0 Å². The minimum absolute atomic E-state index is 0.138. The summed E-state index contributed by atoms with van der Waals surface area (Å²) in [5.41, 5.74) is 2.46. The Labute approximate surface area is 137 Å². The van der Waals surface area contributed by atoms with Gasteiger partial charge in [-0.05, 0) is 37.5 Å². The number of pyridine rings is 1. The number of aromatic nitrogens is 1. The van der Waals surface area contributed by atoms with Crippen LogP contribution in [-0.2, 0) is 11.2 Å². The van der Waals surface area contributed by atoms with E-state index in [9.17, 15) is 4.79 Å². The molecule has 1 aliphatic rings. The highest BCUT2D eigenvalue weighted by Gasteiger charge is 2.24. The lowest BCUT2D eigenvalue weighted by Crippen LogP contribution is -2.37. The van der Waals surface area contributed by atoms with Gasteiger partial charge >= 0.3 is 0 Å². The molecule has 2 heterocycles. The van der Waals surface area contributed by atoms with Crippen LogP contribution >= 0.6 is 0 Å². The van der Waals surface area contributed by atoms with E-state index in [4.69, 9.17) is 0 Å². The summed E-state index contributed by atoms with van der Waals surface area (Å²) >= 11 is 0. The van der Waals surface area contributed by atoms with Crippen LogP contribution in [0.1, 0.15) is 24.0 Å². The van der Waals surface area contributed by atoms with Gasteiger partial charge in [-0.3, -0.25) is 4.79 Å². The highest BCUT2D eigenvalue weighted by molar-refractivity contribution is 5.76. The fourth-order valence-electron chi connectivity index (χ4n) is 3.05. The maximum atomic E-state index is 12.2. The smallest absolute Gasteiger partial charge is 0.220 e. The Kier molecular flexibility index (Phi) is 4.91. The van der Waals surface area contributed by atoms with Gasteiger partial charge in [-0.15, -0.1) is 0 Å². The molecule has 120 valence electrons. The third kappa shape index (κ3) is 4.31. The van der Waals surface area contributed by atoms with Gasteiger partial charge in [0.1, 0.15) is 5.82 Å². The summed E-state index contributed by atoms with van der Waals surface area (Å²) < 4.78 is 0. The van der Waals surface area contributed by atoms with Crippen LogP contribution in [0, 0.1) is 6.92 Å². The third-order valence-corrected chi connectivity index (χ3v) is 4.25. The molecule has 2 aromatic rings. The lowest BCUT2D eigenvalue weighted by molar-refractivity contribution is -0.121. The Balaban J connectivity index is 1.46. The Hall–Kier alpha value is -2.36. The van der Waals surface area contributed by atoms with Crippen LogP contribution in [-0.4, -0.2) is 30.0 Å². The van der Waals surface area contributed by atoms with E-state index < -0.39 is 0 Å². The number of nitrogens with one attached hydrogen (secondary N) is 1. The first kappa shape index (κ1) is 15.5. The summed E-state index contributed by atoms with van der Waals surface area (Å²) in [5.74, 6) is 1.13. The molecule has 0 aliphatic carbocycles. The van der Waals surface area contributed by atoms with Crippen molar-refractivity contribution in [3.05, 3.63) is 59.8 Å². The van der Waals surface area contributed by atoms with E-state index in [2.05, 4.69) is 40.3 Å². The molecule has 0 saturated carbocycles. The quantitative estimate of drug-likeness (QED) is 0.923. The molecular formula is C19H23N3O. The molecule has 23 heavy (non-hydrogen) atoms. The van der Waals surface area contributed by atoms with Gasteiger partial charge in [0.05, 0.1) is 0 Å². The predicted molar refractivity (Wildman–Crippen MR) is 92.5 cm³/mol. The van der Waals surface area contributed by atoms with E-state index in [0.717, 1.165) is 31.7 Å². The van der Waals surface area contributed by atoms with E-state index in [1.165, 1.54) is 11.1 Å². The second-order valence-corrected chi connectivity index (χ2v) is 6.18. The highest BCUT2D eigenvalue weighted by atomic mass is 16.1. The molecule has 0 spiro atoms. The van der Waals surface area contributed by atoms with Crippen molar-refractivity contribution in [3.8, 4) is 0 Å². The molecule has 4 nitrogen and oxygen atoms in total. The number of carbonyl (C=O) groups is 1. The van der Waals surface area contributed by atoms with Crippen molar-refractivity contribution < 1.29 is 4.79 Å². The van der Waals surface area contributed by atoms with Crippen LogP contribution in [0.2, 0.25) is 0 Å². The van der Waals surface area contributed by atoms with Crippen molar-refractivity contribution in [3.63, 3.8) is 0 Å². The molecule has 1 atom stereocenters. The summed E-state index contributed by atoms with van der Waals surface area (Å²) in [6.07, 6.45) is 4.13. The third-order valence-electron chi connectivity index (χ3n) is 4.25. The summed E-state index contributed by atoms with van der Waals surface area (Å²) in [7, 11) is 0. The van der Waals surface area contributed by atoms with Gasteiger partial charge in [0.2, 0.25) is 5.91 Å². The topological polar surface area (TPSA) is 45.2 Å². The van der Waals surface area contributed by atoms with Gasteiger partial charge in [-0.2, -0.15) is 0 Å². The standard InChI is InChI=1S/C19H23N3O/c1-15-5-4-6-16(13-15)8-9-19(23)21-17-10-12-22(14-17)18-7-2-3-11-20-18/h2-7,11,13,17H,8-10,12,14H2,1H3,(H,21,23). The second kappa shape index (κ2) is 7.27. The number of hydrogen-bond acceptors (Lipinski definition) is 3. The first-order valence-electron chi connectivity index (χ1n) is 8.21. The first-order chi connectivity index (χ1) is 11.2. The lowest BCUT2D eigenvalue weighted by Gasteiger charge is -2.17. The lowest BCUT2D eigenvalue weighted by atomic mass is 10.1. The molecule has 1 saturated heterocycles. The van der Waals surface area contributed by atoms with Gasteiger partial charge in [0, 0.05) is 31.7 Å². The van der Waals surface area contributed by atoms with Crippen molar-refractivity contribution in [1.29, 1.82) is 0 Å². The van der Waals surface area contributed by atoms with E-state index >= 15 is 0 Å². The molecule has 1 amide bonds. The number of aryl methyl sites for hydroxylation is 2. The molecule has 1 fully saturated rings. The van der Waals surface area contributed by atoms with E-state index in [0.29, 0.717) is 6.42 Å². The van der Waals surface area contributed by atoms with Crippen molar-refractivity contribution >= 4 is 11.7 Å². The molecule has 4 heteroatoms. The summed E-state index contributed by atoms with van der Waals surface area (Å²) in [4.78, 5) is 18.8. The number of anilines is 1. The monoisotopic (exact) mass is 309 g/mol. The molecule has 1 aromatic carbocycles. The normalized spacial score (nSPS) is 17.3. The van der Waals surface area contributed by atoms with E-state index in [1.54, 1.807) is 0 Å². The molecule has 1 unspecified atom stereocenters. The molecule has 0 radical (unpaired) electrons. The van der Waals surface area contributed by atoms with E-state index in [1.807, 2.05) is 30.5 Å². The van der Waals surface area contributed by atoms with Crippen molar-refractivity contribution in [1.82, 2.24) is 10.3 Å². The molecule has 1 N–H and O–H groups in total. The van der Waals surface area contributed by atoms with Gasteiger partial charge in [0.25, 0.3) is 0 Å². The minimum Gasteiger partial charge on any atom is -0.354 e. The summed E-state index contributed by atoms with van der Waals surface area (Å²) in [5, 5.41) is 3.16. The number of nitrogens with zero attached hydrogens (tertiary/aromatic N) is 2. The van der Waals surface area contributed by atoms with E-state index in [-0.39, 0.29) is 11.9 Å². The number of carbonyl (C=O) groups excluding carboxylic acids is 1. The zero-order valence-electron chi connectivity index (χ0n) is 13.5. The molecule has 1 aliphatic heterocycles. The Morgan fingerprint density at radius 3 is 3.00 bits per heavy atom. The Morgan fingerprint density at radius 1 is 1.30 bits per heavy atom. The van der Waals surface area contributed by atoms with Crippen LogP contribution in [0.4, 0.5) is 5.82 Å². The Bertz CT molecular complexity index is 657. The maximum absolute atomic E-state index is 12.2. The van der Waals surface area contributed by atoms with Gasteiger partial charge in [0.15, 0.2) is 0 Å². The van der Waals surface area contributed by atoms with Gasteiger partial charge in [-0.1, -0.05) is 35.9 Å². The van der Waals surface area contributed by atoms with Crippen molar-refractivity contribution in [2.75, 3.05) is 18.0 Å². The predicted octanol–water partition coefficient (Wildman–Crippen LogP) is 2.72. The first-order valence-corrected chi connectivity index (χ1v) is 8.21. The fraction of sp³-hybridized carbons (Fsp3) is 0.368. The largest absolute Gasteiger partial charge is 0.354 e. The van der Waals surface area contributed by atoms with Crippen LogP contribution in [0.3, 0.4) is 0 Å². The van der Waals surface area contributed by atoms with Crippen LogP contribution < -0.4 is 10.2 Å². The fourth-order valence-corrected chi connectivity index (χ4v) is 3.05. The zero-order chi connectivity index (χ0) is 16.1. The second-order valence-electron chi connectivity index (χ2n) is 6.18. The van der Waals surface area contributed by atoms with Gasteiger partial charge in [-0.25, -0.2) is 4.98 Å². The number of rotatable bonds is 5. The number of benzene rings is 1. The summed E-state index contributed by atoms with van der Waals surface area (Å²) in [6.45, 7) is 3.86. The van der Waals surface area contributed by atoms with Gasteiger partial charge < -0.3 is 10.2 Å². The number of amides is 1. The van der Waals surface area contributed by atoms with Crippen LogP contribution in [0.15, 0.2) is 48.7 Å². The molecule has 3 rings (SSSR count).